The molecule has 1 amide bonds. The number of benzene rings is 3. The van der Waals surface area contributed by atoms with E-state index < -0.39 is 45.9 Å². The number of alkyl halides is 3. The lowest BCUT2D eigenvalue weighted by atomic mass is 10.0. The molecule has 0 radical (unpaired) electrons. The van der Waals surface area contributed by atoms with Gasteiger partial charge in [-0.05, 0) is 56.7 Å². The van der Waals surface area contributed by atoms with Crippen LogP contribution in [-0.4, -0.2) is 38.5 Å². The Kier molecular flexibility index (Phi) is 7.62. The van der Waals surface area contributed by atoms with Crippen LogP contribution in [0.25, 0.3) is 22.2 Å². The zero-order valence-electron chi connectivity index (χ0n) is 21.5. The Hall–Kier alpha value is -4.38. The Morgan fingerprint density at radius 2 is 1.70 bits per heavy atom. The fraction of sp³-hybridized carbons (Fsp3) is 0.214. The molecular formula is C28H23ClF3N3O5. The molecule has 0 bridgehead atoms. The SMILES string of the molecule is CC(C)(C)OC(=O)NCc1ccc2c(-c3ccc(C(=O)O)cc3)nn(C(=O)c3c(Cl)cccc3C(F)(F)F)c2c1. The highest BCUT2D eigenvalue weighted by atomic mass is 35.5. The number of carboxylic acid groups (broad SMARTS) is 1. The first-order chi connectivity index (χ1) is 18.7. The molecule has 3 aromatic carbocycles. The molecule has 12 heteroatoms. The molecule has 0 saturated heterocycles. The van der Waals surface area contributed by atoms with Crippen molar-refractivity contribution in [2.45, 2.75) is 39.1 Å². The summed E-state index contributed by atoms with van der Waals surface area (Å²) in [6.07, 6.45) is -5.54. The summed E-state index contributed by atoms with van der Waals surface area (Å²) in [6, 6.07) is 13.5. The zero-order valence-corrected chi connectivity index (χ0v) is 22.2. The van der Waals surface area contributed by atoms with Crippen LogP contribution in [0.1, 0.15) is 52.6 Å². The molecule has 2 N–H and O–H groups in total. The minimum Gasteiger partial charge on any atom is -0.478 e. The fourth-order valence-electron chi connectivity index (χ4n) is 3.98. The maximum atomic E-state index is 13.8. The van der Waals surface area contributed by atoms with E-state index in [1.54, 1.807) is 32.9 Å². The van der Waals surface area contributed by atoms with Gasteiger partial charge >= 0.3 is 18.2 Å². The number of nitrogens with one attached hydrogen (secondary N) is 1. The van der Waals surface area contributed by atoms with Gasteiger partial charge in [0.1, 0.15) is 11.3 Å². The number of hydrogen-bond donors (Lipinski definition) is 2. The van der Waals surface area contributed by atoms with Crippen LogP contribution in [0.4, 0.5) is 18.0 Å². The molecule has 8 nitrogen and oxygen atoms in total. The van der Waals surface area contributed by atoms with Gasteiger partial charge in [0, 0.05) is 17.5 Å². The van der Waals surface area contributed by atoms with Gasteiger partial charge in [-0.25, -0.2) is 9.59 Å². The number of alkyl carbamates (subject to hydrolysis) is 1. The van der Waals surface area contributed by atoms with Gasteiger partial charge in [0.15, 0.2) is 0 Å². The van der Waals surface area contributed by atoms with E-state index in [1.807, 2.05) is 0 Å². The average molecular weight is 574 g/mol. The molecule has 1 heterocycles. The zero-order chi connectivity index (χ0) is 29.4. The van der Waals surface area contributed by atoms with Gasteiger partial charge in [-0.1, -0.05) is 41.9 Å². The van der Waals surface area contributed by atoms with Crippen molar-refractivity contribution in [3.8, 4) is 11.3 Å². The second-order valence-electron chi connectivity index (χ2n) is 9.82. The van der Waals surface area contributed by atoms with Crippen LogP contribution in [0, 0.1) is 0 Å². The van der Waals surface area contributed by atoms with Gasteiger partial charge in [0.05, 0.1) is 27.2 Å². The van der Waals surface area contributed by atoms with Gasteiger partial charge in [-0.2, -0.15) is 23.0 Å². The number of ether oxygens (including phenoxy) is 1. The summed E-state index contributed by atoms with van der Waals surface area (Å²) < 4.78 is 47.5. The number of aromatic nitrogens is 2. The van der Waals surface area contributed by atoms with Gasteiger partial charge < -0.3 is 15.2 Å². The van der Waals surface area contributed by atoms with Gasteiger partial charge in [0.25, 0.3) is 5.91 Å². The first-order valence-electron chi connectivity index (χ1n) is 11.9. The summed E-state index contributed by atoms with van der Waals surface area (Å²) >= 11 is 6.09. The molecular weight excluding hydrogens is 551 g/mol. The van der Waals surface area contributed by atoms with Crippen LogP contribution in [-0.2, 0) is 17.5 Å². The predicted octanol–water partition coefficient (Wildman–Crippen LogP) is 6.79. The molecule has 4 rings (SSSR count). The van der Waals surface area contributed by atoms with E-state index in [1.165, 1.54) is 36.4 Å². The summed E-state index contributed by atoms with van der Waals surface area (Å²) in [5, 5.41) is 16.1. The molecule has 0 aliphatic rings. The van der Waals surface area contributed by atoms with Crippen LogP contribution in [0.15, 0.2) is 60.7 Å². The Bertz CT molecular complexity index is 1620. The standard InChI is InChI=1S/C28H23ClF3N3O5/c1-27(2,3)40-26(39)33-14-15-7-12-18-21(13-15)35(34-23(18)16-8-10-17(11-9-16)25(37)38)24(36)22-19(28(30,31)32)5-4-6-20(22)29/h4-13H,14H2,1-3H3,(H,33,39)(H,37,38). The molecule has 0 saturated carbocycles. The van der Waals surface area contributed by atoms with Crippen molar-refractivity contribution < 1.29 is 37.4 Å². The summed E-state index contributed by atoms with van der Waals surface area (Å²) in [7, 11) is 0. The van der Waals surface area contributed by atoms with Gasteiger partial charge in [-0.3, -0.25) is 4.79 Å². The van der Waals surface area contributed by atoms with Crippen molar-refractivity contribution in [3.63, 3.8) is 0 Å². The third-order valence-electron chi connectivity index (χ3n) is 5.71. The molecule has 4 aromatic rings. The molecule has 0 aliphatic heterocycles. The second-order valence-corrected chi connectivity index (χ2v) is 10.2. The van der Waals surface area contributed by atoms with Crippen molar-refractivity contribution in [1.82, 2.24) is 15.1 Å². The highest BCUT2D eigenvalue weighted by Crippen LogP contribution is 2.37. The normalized spacial score (nSPS) is 11.9. The minimum atomic E-state index is -4.86. The maximum Gasteiger partial charge on any atom is 0.417 e. The monoisotopic (exact) mass is 573 g/mol. The summed E-state index contributed by atoms with van der Waals surface area (Å²) in [4.78, 5) is 37.0. The lowest BCUT2D eigenvalue weighted by molar-refractivity contribution is -0.137. The van der Waals surface area contributed by atoms with E-state index in [0.717, 1.165) is 16.8 Å². The third kappa shape index (κ3) is 6.09. The fourth-order valence-corrected chi connectivity index (χ4v) is 4.24. The van der Waals surface area contributed by atoms with Crippen LogP contribution < -0.4 is 5.32 Å². The Labute approximate surface area is 231 Å². The number of amides is 1. The lowest BCUT2D eigenvalue weighted by Crippen LogP contribution is -2.32. The predicted molar refractivity (Wildman–Crippen MR) is 141 cm³/mol. The van der Waals surface area contributed by atoms with Gasteiger partial charge in [0.2, 0.25) is 0 Å². The molecule has 0 spiro atoms. The number of aromatic carboxylic acids is 1. The van der Waals surface area contributed by atoms with E-state index in [2.05, 4.69) is 10.4 Å². The number of carbonyl (C=O) groups excluding carboxylic acids is 2. The van der Waals surface area contributed by atoms with E-state index in [4.69, 9.17) is 16.3 Å². The number of rotatable bonds is 5. The first-order valence-corrected chi connectivity index (χ1v) is 12.3. The quantitative estimate of drug-likeness (QED) is 0.272. The maximum absolute atomic E-state index is 13.8. The topological polar surface area (TPSA) is 111 Å². The minimum absolute atomic E-state index is 0.00718. The van der Waals surface area contributed by atoms with Crippen molar-refractivity contribution in [3.05, 3.63) is 87.9 Å². The number of fused-ring (bicyclic) bond motifs is 1. The van der Waals surface area contributed by atoms with Crippen LogP contribution in [0.3, 0.4) is 0 Å². The number of nitrogens with zero attached hydrogens (tertiary/aromatic N) is 2. The third-order valence-corrected chi connectivity index (χ3v) is 6.03. The molecule has 1 aromatic heterocycles. The number of halogens is 4. The molecule has 40 heavy (non-hydrogen) atoms. The molecule has 208 valence electrons. The van der Waals surface area contributed by atoms with Crippen LogP contribution in [0.5, 0.6) is 0 Å². The van der Waals surface area contributed by atoms with Crippen molar-refractivity contribution in [1.29, 1.82) is 0 Å². The first kappa shape index (κ1) is 28.6. The smallest absolute Gasteiger partial charge is 0.417 e. The van der Waals surface area contributed by atoms with E-state index >= 15 is 0 Å². The average Bonchev–Trinajstić information content (AvgIpc) is 3.24. The van der Waals surface area contributed by atoms with E-state index in [0.29, 0.717) is 16.5 Å². The molecule has 0 unspecified atom stereocenters. The second kappa shape index (κ2) is 10.6. The Balaban J connectivity index is 1.85. The highest BCUT2D eigenvalue weighted by molar-refractivity contribution is 6.34. The van der Waals surface area contributed by atoms with Gasteiger partial charge in [-0.15, -0.1) is 0 Å². The number of hydrogen-bond acceptors (Lipinski definition) is 5. The number of carbonyl (C=O) groups is 3. The van der Waals surface area contributed by atoms with E-state index in [9.17, 15) is 32.7 Å². The largest absolute Gasteiger partial charge is 0.478 e. The lowest BCUT2D eigenvalue weighted by Gasteiger charge is -2.19. The molecule has 0 fully saturated rings. The van der Waals surface area contributed by atoms with E-state index in [-0.39, 0.29) is 23.3 Å². The Morgan fingerprint density at radius 3 is 2.30 bits per heavy atom. The Morgan fingerprint density at radius 1 is 1.02 bits per heavy atom. The summed E-state index contributed by atoms with van der Waals surface area (Å²) in [5.41, 5.74) is -1.38. The number of carboxylic acids is 1. The molecule has 0 aliphatic carbocycles. The summed E-state index contributed by atoms with van der Waals surface area (Å²) in [6.45, 7) is 5.11. The van der Waals surface area contributed by atoms with Crippen LogP contribution >= 0.6 is 11.6 Å². The van der Waals surface area contributed by atoms with Crippen LogP contribution in [0.2, 0.25) is 5.02 Å². The summed E-state index contributed by atoms with van der Waals surface area (Å²) in [5.74, 6) is -2.26. The highest BCUT2D eigenvalue weighted by Gasteiger charge is 2.37. The van der Waals surface area contributed by atoms with Crippen molar-refractivity contribution in [2.24, 2.45) is 0 Å². The molecule has 0 atom stereocenters. The van der Waals surface area contributed by atoms with Crippen molar-refractivity contribution in [2.75, 3.05) is 0 Å². The van der Waals surface area contributed by atoms with Crippen molar-refractivity contribution >= 4 is 40.5 Å².